The Morgan fingerprint density at radius 1 is 1.30 bits per heavy atom. The zero-order valence-corrected chi connectivity index (χ0v) is 14.1. The molecule has 0 amide bonds. The monoisotopic (exact) mass is 341 g/mol. The Morgan fingerprint density at radius 3 is 2.48 bits per heavy atom. The molecule has 1 N–H and O–H groups in total. The van der Waals surface area contributed by atoms with E-state index in [9.17, 15) is 12.8 Å². The number of likely N-dealkylation sites (N-methyl/N-ethyl adjacent to an activating group) is 1. The highest BCUT2D eigenvalue weighted by molar-refractivity contribution is 7.89. The van der Waals surface area contributed by atoms with Crippen molar-refractivity contribution in [3.63, 3.8) is 0 Å². The summed E-state index contributed by atoms with van der Waals surface area (Å²) in [6, 6.07) is 5.76. The first-order valence-electron chi connectivity index (χ1n) is 7.15. The van der Waals surface area contributed by atoms with Crippen LogP contribution < -0.4 is 4.72 Å². The Labute approximate surface area is 135 Å². The van der Waals surface area contributed by atoms with E-state index in [1.54, 1.807) is 12.1 Å². The lowest BCUT2D eigenvalue weighted by atomic mass is 10.1. The highest BCUT2D eigenvalue weighted by Crippen LogP contribution is 2.18. The molecule has 0 fully saturated rings. The summed E-state index contributed by atoms with van der Waals surface area (Å²) in [6.45, 7) is 2.45. The van der Waals surface area contributed by atoms with Crippen LogP contribution in [0.2, 0.25) is 0 Å². The van der Waals surface area contributed by atoms with Gasteiger partial charge in [-0.05, 0) is 38.7 Å². The minimum absolute atomic E-state index is 0.115. The van der Waals surface area contributed by atoms with Gasteiger partial charge in [-0.2, -0.15) is 9.90 Å². The summed E-state index contributed by atoms with van der Waals surface area (Å²) in [5.41, 5.74) is 0.816. The highest BCUT2D eigenvalue weighted by atomic mass is 32.2. The van der Waals surface area contributed by atoms with Gasteiger partial charge in [-0.25, -0.2) is 17.5 Å². The van der Waals surface area contributed by atoms with E-state index in [1.165, 1.54) is 23.1 Å². The molecule has 0 aliphatic carbocycles. The standard InChI is InChI=1S/C14H20FN5O2S/c1-4-20-16-10-14(18-20)23(21,22)17-9-13(19(2)3)11-5-7-12(15)8-6-11/h5-8,10,13,17H,4,9H2,1-3H3. The zero-order chi connectivity index (χ0) is 17.0. The lowest BCUT2D eigenvalue weighted by Gasteiger charge is -2.24. The van der Waals surface area contributed by atoms with Gasteiger partial charge in [0.1, 0.15) is 5.82 Å². The third-order valence-electron chi connectivity index (χ3n) is 3.42. The number of benzene rings is 1. The lowest BCUT2D eigenvalue weighted by molar-refractivity contribution is 0.299. The summed E-state index contributed by atoms with van der Waals surface area (Å²) in [4.78, 5) is 3.16. The minimum atomic E-state index is -3.74. The first kappa shape index (κ1) is 17.5. The molecule has 23 heavy (non-hydrogen) atoms. The molecule has 1 aromatic heterocycles. The van der Waals surface area contributed by atoms with E-state index >= 15 is 0 Å². The van der Waals surface area contributed by atoms with Crippen LogP contribution in [-0.4, -0.2) is 49.0 Å². The van der Waals surface area contributed by atoms with E-state index < -0.39 is 10.0 Å². The second-order valence-electron chi connectivity index (χ2n) is 5.25. The fourth-order valence-electron chi connectivity index (χ4n) is 2.10. The van der Waals surface area contributed by atoms with Crippen LogP contribution in [0.3, 0.4) is 0 Å². The molecule has 1 heterocycles. The largest absolute Gasteiger partial charge is 0.301 e. The van der Waals surface area contributed by atoms with Crippen molar-refractivity contribution in [2.24, 2.45) is 0 Å². The van der Waals surface area contributed by atoms with Crippen LogP contribution in [0.4, 0.5) is 4.39 Å². The van der Waals surface area contributed by atoms with E-state index in [0.717, 1.165) is 5.56 Å². The predicted octanol–water partition coefficient (Wildman–Crippen LogP) is 1.02. The van der Waals surface area contributed by atoms with Crippen LogP contribution in [0.25, 0.3) is 0 Å². The number of halogens is 1. The molecule has 1 aromatic carbocycles. The zero-order valence-electron chi connectivity index (χ0n) is 13.3. The number of hydrogen-bond donors (Lipinski definition) is 1. The molecule has 2 rings (SSSR count). The molecule has 0 saturated heterocycles. The van der Waals surface area contributed by atoms with Crippen molar-refractivity contribution in [3.05, 3.63) is 41.8 Å². The van der Waals surface area contributed by atoms with Crippen molar-refractivity contribution in [3.8, 4) is 0 Å². The average molecular weight is 341 g/mol. The topological polar surface area (TPSA) is 80.1 Å². The van der Waals surface area contributed by atoms with E-state index in [0.29, 0.717) is 6.54 Å². The minimum Gasteiger partial charge on any atom is -0.301 e. The van der Waals surface area contributed by atoms with Crippen LogP contribution in [0.1, 0.15) is 18.5 Å². The Kier molecular flexibility index (Phi) is 5.45. The van der Waals surface area contributed by atoms with Gasteiger partial charge in [-0.3, -0.25) is 0 Å². The van der Waals surface area contributed by atoms with Crippen LogP contribution >= 0.6 is 0 Å². The highest BCUT2D eigenvalue weighted by Gasteiger charge is 2.22. The molecule has 0 spiro atoms. The Bertz CT molecular complexity index is 743. The van der Waals surface area contributed by atoms with Gasteiger partial charge in [-0.1, -0.05) is 12.1 Å². The summed E-state index contributed by atoms with van der Waals surface area (Å²) in [5, 5.41) is 7.65. The average Bonchev–Trinajstić information content (AvgIpc) is 2.98. The van der Waals surface area contributed by atoms with E-state index in [1.807, 2.05) is 25.9 Å². The molecule has 126 valence electrons. The third-order valence-corrected chi connectivity index (χ3v) is 4.70. The number of nitrogens with one attached hydrogen (secondary N) is 1. The fourth-order valence-corrected chi connectivity index (χ4v) is 3.02. The van der Waals surface area contributed by atoms with Crippen molar-refractivity contribution in [2.75, 3.05) is 20.6 Å². The summed E-state index contributed by atoms with van der Waals surface area (Å²) in [7, 11) is -0.0814. The molecule has 7 nitrogen and oxygen atoms in total. The quantitative estimate of drug-likeness (QED) is 0.813. The van der Waals surface area contributed by atoms with Crippen LogP contribution in [0.15, 0.2) is 35.5 Å². The Hall–Kier alpha value is -1.84. The van der Waals surface area contributed by atoms with Crippen LogP contribution in [-0.2, 0) is 16.6 Å². The van der Waals surface area contributed by atoms with Crippen molar-refractivity contribution >= 4 is 10.0 Å². The van der Waals surface area contributed by atoms with Crippen molar-refractivity contribution in [1.29, 1.82) is 0 Å². The Balaban J connectivity index is 2.13. The molecule has 0 aliphatic rings. The van der Waals surface area contributed by atoms with E-state index in [-0.39, 0.29) is 23.4 Å². The maximum absolute atomic E-state index is 13.0. The molecule has 0 aliphatic heterocycles. The number of rotatable bonds is 7. The molecule has 1 unspecified atom stereocenters. The van der Waals surface area contributed by atoms with Crippen molar-refractivity contribution in [1.82, 2.24) is 24.6 Å². The first-order valence-corrected chi connectivity index (χ1v) is 8.63. The predicted molar refractivity (Wildman–Crippen MR) is 83.7 cm³/mol. The van der Waals surface area contributed by atoms with E-state index in [2.05, 4.69) is 14.9 Å². The van der Waals surface area contributed by atoms with Gasteiger partial charge in [-0.15, -0.1) is 5.10 Å². The molecule has 0 saturated carbocycles. The molecular weight excluding hydrogens is 321 g/mol. The number of nitrogens with zero attached hydrogens (tertiary/aromatic N) is 4. The van der Waals surface area contributed by atoms with Gasteiger partial charge in [0.05, 0.1) is 12.7 Å². The van der Waals surface area contributed by atoms with Gasteiger partial charge in [0.25, 0.3) is 10.0 Å². The maximum atomic E-state index is 13.0. The smallest absolute Gasteiger partial charge is 0.261 e. The molecule has 0 radical (unpaired) electrons. The summed E-state index contributed by atoms with van der Waals surface area (Å²) < 4.78 is 40.1. The lowest BCUT2D eigenvalue weighted by Crippen LogP contribution is -2.34. The third kappa shape index (κ3) is 4.34. The summed E-state index contributed by atoms with van der Waals surface area (Å²) in [6.07, 6.45) is 1.22. The second-order valence-corrected chi connectivity index (χ2v) is 6.97. The molecular formula is C14H20FN5O2S. The van der Waals surface area contributed by atoms with Gasteiger partial charge >= 0.3 is 0 Å². The van der Waals surface area contributed by atoms with Gasteiger partial charge in [0.15, 0.2) is 0 Å². The fraction of sp³-hybridized carbons (Fsp3) is 0.429. The van der Waals surface area contributed by atoms with Gasteiger partial charge in [0.2, 0.25) is 5.03 Å². The maximum Gasteiger partial charge on any atom is 0.261 e. The van der Waals surface area contributed by atoms with Crippen LogP contribution in [0, 0.1) is 5.82 Å². The molecule has 2 aromatic rings. The normalized spacial score (nSPS) is 13.4. The molecule has 1 atom stereocenters. The second kappa shape index (κ2) is 7.16. The SMILES string of the molecule is CCn1ncc(S(=O)(=O)NCC(c2ccc(F)cc2)N(C)C)n1. The number of sulfonamides is 1. The number of hydrogen-bond acceptors (Lipinski definition) is 5. The summed E-state index contributed by atoms with van der Waals surface area (Å²) >= 11 is 0. The number of aromatic nitrogens is 3. The van der Waals surface area contributed by atoms with E-state index in [4.69, 9.17) is 0 Å². The molecule has 0 bridgehead atoms. The van der Waals surface area contributed by atoms with Gasteiger partial charge < -0.3 is 4.90 Å². The summed E-state index contributed by atoms with van der Waals surface area (Å²) in [5.74, 6) is -0.331. The first-order chi connectivity index (χ1) is 10.8. The van der Waals surface area contributed by atoms with Gasteiger partial charge in [0, 0.05) is 12.6 Å². The van der Waals surface area contributed by atoms with Crippen molar-refractivity contribution in [2.45, 2.75) is 24.5 Å². The Morgan fingerprint density at radius 2 is 1.96 bits per heavy atom. The molecule has 9 heteroatoms. The van der Waals surface area contributed by atoms with Crippen LogP contribution in [0.5, 0.6) is 0 Å². The van der Waals surface area contributed by atoms with Crippen molar-refractivity contribution < 1.29 is 12.8 Å². The number of aryl methyl sites for hydroxylation is 1.